The van der Waals surface area contributed by atoms with E-state index in [1.54, 1.807) is 0 Å². The zero-order valence-corrected chi connectivity index (χ0v) is 18.7. The number of carbonyl (C=O) groups is 2. The number of carbonyl (C=O) groups excluding carboxylic acids is 1. The summed E-state index contributed by atoms with van der Waals surface area (Å²) in [7, 11) is 1.29. The average molecular weight is 485 g/mol. The summed E-state index contributed by atoms with van der Waals surface area (Å²) < 4.78 is 46.9. The lowest BCUT2D eigenvalue weighted by Gasteiger charge is -2.25. The molecule has 0 aromatic heterocycles. The number of carboxylic acid groups (broad SMARTS) is 1. The van der Waals surface area contributed by atoms with Crippen LogP contribution in [0.3, 0.4) is 0 Å². The van der Waals surface area contributed by atoms with Gasteiger partial charge in [0.05, 0.1) is 0 Å². The number of aliphatic carboxylic acids is 1. The number of carboxylic acids is 1. The SMILES string of the molecule is CN(C(=O)OCC1c2ccccc2-c2ccccc21)C(Cc1cccc(OC(F)(F)F)c1)C(=O)O. The molecule has 9 heteroatoms. The van der Waals surface area contributed by atoms with Crippen molar-refractivity contribution in [2.24, 2.45) is 0 Å². The summed E-state index contributed by atoms with van der Waals surface area (Å²) in [6.07, 6.45) is -5.95. The van der Waals surface area contributed by atoms with Crippen LogP contribution in [0.15, 0.2) is 72.8 Å². The van der Waals surface area contributed by atoms with Crippen LogP contribution in [0.4, 0.5) is 18.0 Å². The van der Waals surface area contributed by atoms with E-state index in [1.807, 2.05) is 48.5 Å². The lowest BCUT2D eigenvalue weighted by molar-refractivity contribution is -0.274. The Bertz CT molecular complexity index is 1200. The minimum absolute atomic E-state index is 0.0123. The largest absolute Gasteiger partial charge is 0.573 e. The van der Waals surface area contributed by atoms with Crippen molar-refractivity contribution >= 4 is 12.1 Å². The quantitative estimate of drug-likeness (QED) is 0.481. The van der Waals surface area contributed by atoms with Crippen molar-refractivity contribution in [1.82, 2.24) is 4.90 Å². The summed E-state index contributed by atoms with van der Waals surface area (Å²) in [6.45, 7) is 0.0123. The van der Waals surface area contributed by atoms with Crippen molar-refractivity contribution in [2.75, 3.05) is 13.7 Å². The number of benzene rings is 3. The molecule has 0 saturated heterocycles. The number of nitrogens with zero attached hydrogens (tertiary/aromatic N) is 1. The molecule has 3 aromatic carbocycles. The van der Waals surface area contributed by atoms with Crippen LogP contribution in [0.25, 0.3) is 11.1 Å². The molecule has 6 nitrogen and oxygen atoms in total. The third-order valence-electron chi connectivity index (χ3n) is 5.94. The van der Waals surface area contributed by atoms with Crippen LogP contribution in [0.5, 0.6) is 5.75 Å². The highest BCUT2D eigenvalue weighted by Gasteiger charge is 2.33. The minimum Gasteiger partial charge on any atom is -0.480 e. The number of rotatable bonds is 7. The molecule has 1 N–H and O–H groups in total. The van der Waals surface area contributed by atoms with E-state index in [1.165, 1.54) is 19.2 Å². The molecule has 1 aliphatic carbocycles. The number of likely N-dealkylation sites (N-methyl/N-ethyl adjacent to an activating group) is 1. The van der Waals surface area contributed by atoms with Gasteiger partial charge in [0.2, 0.25) is 0 Å². The number of amides is 1. The second-order valence-corrected chi connectivity index (χ2v) is 8.17. The van der Waals surface area contributed by atoms with Gasteiger partial charge in [0.1, 0.15) is 18.4 Å². The van der Waals surface area contributed by atoms with Gasteiger partial charge in [0, 0.05) is 19.4 Å². The van der Waals surface area contributed by atoms with Gasteiger partial charge < -0.3 is 14.6 Å². The van der Waals surface area contributed by atoms with E-state index in [0.717, 1.165) is 39.3 Å². The zero-order chi connectivity index (χ0) is 25.2. The van der Waals surface area contributed by atoms with Gasteiger partial charge in [-0.1, -0.05) is 60.7 Å². The van der Waals surface area contributed by atoms with Gasteiger partial charge in [-0.3, -0.25) is 4.90 Å². The number of halogens is 3. The Labute approximate surface area is 199 Å². The summed E-state index contributed by atoms with van der Waals surface area (Å²) in [5.74, 6) is -1.98. The Hall–Kier alpha value is -4.01. The molecule has 0 bridgehead atoms. The summed E-state index contributed by atoms with van der Waals surface area (Å²) >= 11 is 0. The summed E-state index contributed by atoms with van der Waals surface area (Å²) in [6, 6.07) is 19.2. The summed E-state index contributed by atoms with van der Waals surface area (Å²) in [5.41, 5.74) is 4.40. The number of fused-ring (bicyclic) bond motifs is 3. The smallest absolute Gasteiger partial charge is 0.480 e. The lowest BCUT2D eigenvalue weighted by Crippen LogP contribution is -2.44. The molecule has 182 valence electrons. The Morgan fingerprint density at radius 1 is 0.971 bits per heavy atom. The first-order chi connectivity index (χ1) is 16.6. The number of ether oxygens (including phenoxy) is 2. The highest BCUT2D eigenvalue weighted by atomic mass is 19.4. The van der Waals surface area contributed by atoms with E-state index in [0.29, 0.717) is 0 Å². The molecule has 35 heavy (non-hydrogen) atoms. The molecular formula is C26H22F3NO5. The van der Waals surface area contributed by atoms with Gasteiger partial charge in [-0.05, 0) is 39.9 Å². The lowest BCUT2D eigenvalue weighted by atomic mass is 9.98. The van der Waals surface area contributed by atoms with E-state index in [2.05, 4.69) is 4.74 Å². The Balaban J connectivity index is 1.46. The monoisotopic (exact) mass is 485 g/mol. The zero-order valence-electron chi connectivity index (χ0n) is 18.7. The molecule has 0 aliphatic heterocycles. The molecule has 1 atom stereocenters. The van der Waals surface area contributed by atoms with Crippen molar-refractivity contribution in [3.8, 4) is 16.9 Å². The van der Waals surface area contributed by atoms with Gasteiger partial charge in [-0.2, -0.15) is 0 Å². The van der Waals surface area contributed by atoms with E-state index in [-0.39, 0.29) is 24.5 Å². The Morgan fingerprint density at radius 3 is 2.14 bits per heavy atom. The first-order valence-electron chi connectivity index (χ1n) is 10.8. The molecule has 0 saturated carbocycles. The van der Waals surface area contributed by atoms with E-state index >= 15 is 0 Å². The fourth-order valence-corrected chi connectivity index (χ4v) is 4.31. The highest BCUT2D eigenvalue weighted by molar-refractivity contribution is 5.81. The predicted octanol–water partition coefficient (Wildman–Crippen LogP) is 5.46. The summed E-state index contributed by atoms with van der Waals surface area (Å²) in [5, 5.41) is 9.69. The maximum atomic E-state index is 12.8. The number of alkyl halides is 3. The first kappa shape index (κ1) is 24.1. The summed E-state index contributed by atoms with van der Waals surface area (Å²) in [4.78, 5) is 25.6. The van der Waals surface area contributed by atoms with Crippen molar-refractivity contribution in [3.63, 3.8) is 0 Å². The molecule has 1 unspecified atom stereocenters. The van der Waals surface area contributed by atoms with Crippen LogP contribution in [0, 0.1) is 0 Å². The standard InChI is InChI=1S/C26H22F3NO5/c1-30(23(24(31)32)14-16-7-6-8-17(13-16)35-26(27,28)29)25(33)34-15-22-20-11-4-2-9-18(20)19-10-3-5-12-21(19)22/h2-13,22-23H,14-15H2,1H3,(H,31,32). The molecule has 3 aromatic rings. The maximum Gasteiger partial charge on any atom is 0.573 e. The van der Waals surface area contributed by atoms with Crippen molar-refractivity contribution in [2.45, 2.75) is 24.7 Å². The first-order valence-corrected chi connectivity index (χ1v) is 10.8. The third kappa shape index (κ3) is 5.40. The van der Waals surface area contributed by atoms with Crippen molar-refractivity contribution < 1.29 is 37.3 Å². The van der Waals surface area contributed by atoms with Crippen LogP contribution in [-0.4, -0.2) is 48.1 Å². The molecule has 0 fully saturated rings. The molecular weight excluding hydrogens is 463 g/mol. The van der Waals surface area contributed by atoms with Gasteiger partial charge >= 0.3 is 18.4 Å². The van der Waals surface area contributed by atoms with Crippen molar-refractivity contribution in [3.05, 3.63) is 89.5 Å². The van der Waals surface area contributed by atoms with Gasteiger partial charge in [-0.25, -0.2) is 9.59 Å². The molecule has 0 heterocycles. The Kier molecular flexibility index (Phi) is 6.68. The second-order valence-electron chi connectivity index (χ2n) is 8.17. The van der Waals surface area contributed by atoms with Gasteiger partial charge in [0.15, 0.2) is 0 Å². The highest BCUT2D eigenvalue weighted by Crippen LogP contribution is 2.44. The van der Waals surface area contributed by atoms with Gasteiger partial charge in [0.25, 0.3) is 0 Å². The van der Waals surface area contributed by atoms with Crippen LogP contribution in [-0.2, 0) is 16.0 Å². The van der Waals surface area contributed by atoms with Crippen LogP contribution in [0.2, 0.25) is 0 Å². The van der Waals surface area contributed by atoms with E-state index in [4.69, 9.17) is 4.74 Å². The third-order valence-corrected chi connectivity index (χ3v) is 5.94. The fourth-order valence-electron chi connectivity index (χ4n) is 4.31. The second kappa shape index (κ2) is 9.69. The van der Waals surface area contributed by atoms with Crippen LogP contribution >= 0.6 is 0 Å². The van der Waals surface area contributed by atoms with E-state index in [9.17, 15) is 27.9 Å². The molecule has 1 amide bonds. The normalized spacial score (nSPS) is 13.5. The van der Waals surface area contributed by atoms with Gasteiger partial charge in [-0.15, -0.1) is 13.2 Å². The average Bonchev–Trinajstić information content (AvgIpc) is 3.13. The van der Waals surface area contributed by atoms with E-state index < -0.39 is 30.2 Å². The number of hydrogen-bond acceptors (Lipinski definition) is 4. The van der Waals surface area contributed by atoms with Crippen LogP contribution < -0.4 is 4.74 Å². The van der Waals surface area contributed by atoms with Crippen LogP contribution in [0.1, 0.15) is 22.6 Å². The minimum atomic E-state index is -4.87. The molecule has 0 spiro atoms. The fraction of sp³-hybridized carbons (Fsp3) is 0.231. The molecule has 4 rings (SSSR count). The van der Waals surface area contributed by atoms with Crippen molar-refractivity contribution in [1.29, 1.82) is 0 Å². The predicted molar refractivity (Wildman–Crippen MR) is 121 cm³/mol. The topological polar surface area (TPSA) is 76.1 Å². The molecule has 0 radical (unpaired) electrons. The maximum absolute atomic E-state index is 12.8. The molecule has 1 aliphatic rings. The number of hydrogen-bond donors (Lipinski definition) is 1. The Morgan fingerprint density at radius 2 is 1.57 bits per heavy atom.